The molecule has 33 heavy (non-hydrogen) atoms. The van der Waals surface area contributed by atoms with E-state index in [4.69, 9.17) is 16.3 Å². The highest BCUT2D eigenvalue weighted by atomic mass is 35.5. The number of esters is 1. The van der Waals surface area contributed by atoms with Gasteiger partial charge >= 0.3 is 12.1 Å². The van der Waals surface area contributed by atoms with Gasteiger partial charge in [-0.05, 0) is 24.3 Å². The maximum Gasteiger partial charge on any atom is 0.416 e. The minimum Gasteiger partial charge on any atom is -0.455 e. The van der Waals surface area contributed by atoms with E-state index in [1.807, 2.05) is 0 Å². The second-order valence-corrected chi connectivity index (χ2v) is 7.44. The first-order chi connectivity index (χ1) is 15.5. The van der Waals surface area contributed by atoms with Crippen LogP contribution in [0.4, 0.5) is 30.2 Å². The molecule has 9 nitrogen and oxygen atoms in total. The van der Waals surface area contributed by atoms with Gasteiger partial charge in [-0.1, -0.05) is 17.7 Å². The highest BCUT2D eigenvalue weighted by molar-refractivity contribution is 6.33. The van der Waals surface area contributed by atoms with E-state index in [0.29, 0.717) is 6.07 Å². The Bertz CT molecular complexity index is 1120. The van der Waals surface area contributed by atoms with Crippen molar-refractivity contribution in [3.8, 4) is 0 Å². The van der Waals surface area contributed by atoms with Crippen molar-refractivity contribution in [3.63, 3.8) is 0 Å². The molecule has 0 bridgehead atoms. The van der Waals surface area contributed by atoms with Crippen molar-refractivity contribution in [1.82, 2.24) is 0 Å². The number of halogens is 4. The minimum atomic E-state index is -4.64. The molecule has 2 amide bonds. The van der Waals surface area contributed by atoms with Crippen molar-refractivity contribution in [2.45, 2.75) is 12.6 Å². The Balaban J connectivity index is 1.58. The average Bonchev–Trinajstić information content (AvgIpc) is 3.14. The number of rotatable bonds is 6. The first-order valence-corrected chi connectivity index (χ1v) is 9.71. The number of nitro benzene ring substituents is 1. The zero-order valence-electron chi connectivity index (χ0n) is 16.6. The summed E-state index contributed by atoms with van der Waals surface area (Å²) in [5.41, 5.74) is -1.32. The summed E-state index contributed by atoms with van der Waals surface area (Å²) in [6.07, 6.45) is -4.88. The Kier molecular flexibility index (Phi) is 6.86. The summed E-state index contributed by atoms with van der Waals surface area (Å²) in [6, 6.07) is 7.69. The summed E-state index contributed by atoms with van der Waals surface area (Å²) in [4.78, 5) is 48.1. The maximum absolute atomic E-state index is 12.8. The first-order valence-electron chi connectivity index (χ1n) is 9.33. The first kappa shape index (κ1) is 24.0. The summed E-state index contributed by atoms with van der Waals surface area (Å²) >= 11 is 5.80. The summed E-state index contributed by atoms with van der Waals surface area (Å²) in [7, 11) is 0. The molecule has 1 atom stereocenters. The molecule has 3 rings (SSSR count). The zero-order chi connectivity index (χ0) is 24.3. The number of carbonyl (C=O) groups is 3. The molecule has 2 aromatic rings. The predicted octanol–water partition coefficient (Wildman–Crippen LogP) is 3.80. The van der Waals surface area contributed by atoms with Crippen LogP contribution in [0.1, 0.15) is 12.0 Å². The van der Waals surface area contributed by atoms with Crippen molar-refractivity contribution < 1.29 is 37.2 Å². The number of nitrogens with one attached hydrogen (secondary N) is 1. The number of nitro groups is 1. The van der Waals surface area contributed by atoms with Crippen molar-refractivity contribution in [2.24, 2.45) is 5.92 Å². The third kappa shape index (κ3) is 5.77. The molecule has 13 heteroatoms. The Labute approximate surface area is 189 Å². The van der Waals surface area contributed by atoms with Gasteiger partial charge in [0.25, 0.3) is 11.6 Å². The number of hydrogen-bond donors (Lipinski definition) is 1. The van der Waals surface area contributed by atoms with Gasteiger partial charge in [-0.2, -0.15) is 13.2 Å². The number of benzene rings is 2. The standard InChI is InChI=1S/C20H15ClF3N3O6/c21-15-5-4-12(20(22,23)24)7-16(15)25-17(28)10-33-19(30)11-6-18(29)26(9-11)13-2-1-3-14(8-13)27(31)32/h1-5,7-8,11H,6,9-10H2,(H,25,28)/t11-/m0/s1. The van der Waals surface area contributed by atoms with E-state index in [-0.39, 0.29) is 35.1 Å². The van der Waals surface area contributed by atoms with E-state index in [1.165, 1.54) is 29.2 Å². The van der Waals surface area contributed by atoms with Gasteiger partial charge in [-0.15, -0.1) is 0 Å². The number of anilines is 2. The smallest absolute Gasteiger partial charge is 0.416 e. The molecule has 1 saturated heterocycles. The number of amides is 2. The van der Waals surface area contributed by atoms with Gasteiger partial charge in [0.15, 0.2) is 6.61 Å². The Morgan fingerprint density at radius 2 is 1.97 bits per heavy atom. The molecule has 1 N–H and O–H groups in total. The second-order valence-electron chi connectivity index (χ2n) is 7.03. The lowest BCUT2D eigenvalue weighted by atomic mass is 10.1. The number of carbonyl (C=O) groups excluding carboxylic acids is 3. The lowest BCUT2D eigenvalue weighted by Crippen LogP contribution is -2.28. The minimum absolute atomic E-state index is 0.111. The molecule has 1 fully saturated rings. The summed E-state index contributed by atoms with van der Waals surface area (Å²) in [5.74, 6) is -3.19. The van der Waals surface area contributed by atoms with E-state index in [9.17, 15) is 37.7 Å². The zero-order valence-corrected chi connectivity index (χ0v) is 17.4. The van der Waals surface area contributed by atoms with E-state index in [1.54, 1.807) is 0 Å². The lowest BCUT2D eigenvalue weighted by Gasteiger charge is -2.16. The van der Waals surface area contributed by atoms with Crippen LogP contribution >= 0.6 is 11.6 Å². The van der Waals surface area contributed by atoms with Gasteiger partial charge in [-0.25, -0.2) is 0 Å². The van der Waals surface area contributed by atoms with Gasteiger partial charge in [0, 0.05) is 25.1 Å². The normalized spacial score (nSPS) is 15.9. The number of hydrogen-bond acceptors (Lipinski definition) is 6. The molecule has 0 spiro atoms. The third-order valence-electron chi connectivity index (χ3n) is 4.72. The van der Waals surface area contributed by atoms with Crippen molar-refractivity contribution in [1.29, 1.82) is 0 Å². The van der Waals surface area contributed by atoms with Crippen LogP contribution in [0, 0.1) is 16.0 Å². The van der Waals surface area contributed by atoms with Crippen LogP contribution < -0.4 is 10.2 Å². The molecule has 0 unspecified atom stereocenters. The molecule has 2 aromatic carbocycles. The molecular weight excluding hydrogens is 471 g/mol. The molecule has 0 radical (unpaired) electrons. The van der Waals surface area contributed by atoms with Crippen molar-refractivity contribution >= 4 is 46.4 Å². The van der Waals surface area contributed by atoms with Crippen molar-refractivity contribution in [2.75, 3.05) is 23.4 Å². The Morgan fingerprint density at radius 3 is 2.64 bits per heavy atom. The molecule has 1 aliphatic heterocycles. The highest BCUT2D eigenvalue weighted by Crippen LogP contribution is 2.34. The van der Waals surface area contributed by atoms with E-state index < -0.39 is 47.0 Å². The molecule has 0 saturated carbocycles. The largest absolute Gasteiger partial charge is 0.455 e. The Hall–Kier alpha value is -3.67. The lowest BCUT2D eigenvalue weighted by molar-refractivity contribution is -0.384. The monoisotopic (exact) mass is 485 g/mol. The quantitative estimate of drug-likeness (QED) is 0.377. The number of alkyl halides is 3. The van der Waals surface area contributed by atoms with Gasteiger partial charge < -0.3 is 15.0 Å². The molecule has 174 valence electrons. The fraction of sp³-hybridized carbons (Fsp3) is 0.250. The average molecular weight is 486 g/mol. The molecule has 1 aliphatic rings. The number of ether oxygens (including phenoxy) is 1. The van der Waals surface area contributed by atoms with Crippen molar-refractivity contribution in [3.05, 3.63) is 63.2 Å². The summed E-state index contributed by atoms with van der Waals surface area (Å²) < 4.78 is 43.4. The molecular formula is C20H15ClF3N3O6. The van der Waals surface area contributed by atoms with Crippen LogP contribution in [-0.2, 0) is 25.3 Å². The Morgan fingerprint density at radius 1 is 1.24 bits per heavy atom. The van der Waals surface area contributed by atoms with Gasteiger partial charge in [0.2, 0.25) is 5.91 Å². The topological polar surface area (TPSA) is 119 Å². The fourth-order valence-corrected chi connectivity index (χ4v) is 3.29. The molecule has 0 aliphatic carbocycles. The van der Waals surface area contributed by atoms with Gasteiger partial charge in [-0.3, -0.25) is 24.5 Å². The van der Waals surface area contributed by atoms with E-state index in [2.05, 4.69) is 5.32 Å². The van der Waals surface area contributed by atoms with Gasteiger partial charge in [0.1, 0.15) is 0 Å². The molecule has 1 heterocycles. The second kappa shape index (κ2) is 9.45. The number of non-ortho nitro benzene ring substituents is 1. The summed E-state index contributed by atoms with van der Waals surface area (Å²) in [5, 5.41) is 12.9. The SMILES string of the molecule is O=C(COC(=O)[C@H]1CC(=O)N(c2cccc([N+](=O)[O-])c2)C1)Nc1cc(C(F)(F)F)ccc1Cl. The maximum atomic E-state index is 12.8. The fourth-order valence-electron chi connectivity index (χ4n) is 3.13. The third-order valence-corrected chi connectivity index (χ3v) is 5.05. The van der Waals surface area contributed by atoms with Crippen LogP contribution in [0.15, 0.2) is 42.5 Å². The number of nitrogens with zero attached hydrogens (tertiary/aromatic N) is 2. The van der Waals surface area contributed by atoms with E-state index >= 15 is 0 Å². The van der Waals surface area contributed by atoms with Crippen LogP contribution in [0.3, 0.4) is 0 Å². The highest BCUT2D eigenvalue weighted by Gasteiger charge is 2.37. The predicted molar refractivity (Wildman–Crippen MR) is 110 cm³/mol. The molecule has 0 aromatic heterocycles. The van der Waals surface area contributed by atoms with Crippen LogP contribution in [-0.4, -0.2) is 35.9 Å². The van der Waals surface area contributed by atoms with Crippen LogP contribution in [0.5, 0.6) is 0 Å². The van der Waals surface area contributed by atoms with E-state index in [0.717, 1.165) is 12.1 Å². The summed E-state index contributed by atoms with van der Waals surface area (Å²) in [6.45, 7) is -0.924. The van der Waals surface area contributed by atoms with Gasteiger partial charge in [0.05, 0.1) is 32.8 Å². The van der Waals surface area contributed by atoms with Crippen LogP contribution in [0.2, 0.25) is 5.02 Å². The van der Waals surface area contributed by atoms with Crippen LogP contribution in [0.25, 0.3) is 0 Å².